The second kappa shape index (κ2) is 5.62. The minimum atomic E-state index is -0.684. The van der Waals surface area contributed by atoms with Crippen molar-refractivity contribution in [3.63, 3.8) is 0 Å². The van der Waals surface area contributed by atoms with E-state index in [9.17, 15) is 15.3 Å². The molecule has 0 saturated heterocycles. The van der Waals surface area contributed by atoms with Crippen molar-refractivity contribution in [2.75, 3.05) is 7.11 Å². The first-order valence-corrected chi connectivity index (χ1v) is 5.78. The van der Waals surface area contributed by atoms with Gasteiger partial charge in [-0.15, -0.1) is 0 Å². The zero-order valence-electron chi connectivity index (χ0n) is 10.3. The van der Waals surface area contributed by atoms with E-state index in [1.807, 2.05) is 0 Å². The molecule has 1 aromatic carbocycles. The Hall–Kier alpha value is -2.54. The Kier molecular flexibility index (Phi) is 3.90. The lowest BCUT2D eigenvalue weighted by Gasteiger charge is -2.09. The Morgan fingerprint density at radius 3 is 2.50 bits per heavy atom. The molecule has 0 aliphatic carbocycles. The quantitative estimate of drug-likeness (QED) is 0.284. The fourth-order valence-corrected chi connectivity index (χ4v) is 1.68. The summed E-state index contributed by atoms with van der Waals surface area (Å²) in [6.45, 7) is 0. The number of halogens is 1. The Bertz CT molecular complexity index is 662. The van der Waals surface area contributed by atoms with Crippen LogP contribution in [0.15, 0.2) is 36.5 Å². The molecule has 0 bridgehead atoms. The highest BCUT2D eigenvalue weighted by Gasteiger charge is 2.23. The highest BCUT2D eigenvalue weighted by atomic mass is 35.5. The maximum atomic E-state index is 11.4. The van der Waals surface area contributed by atoms with Gasteiger partial charge in [0.2, 0.25) is 6.20 Å². The molecular formula is C12H9ClN2O5. The molecule has 0 saturated carbocycles. The Balaban J connectivity index is 2.47. The normalized spacial score (nSPS) is 10.1. The van der Waals surface area contributed by atoms with Gasteiger partial charge in [0.1, 0.15) is 6.07 Å². The van der Waals surface area contributed by atoms with Gasteiger partial charge in [0.15, 0.2) is 11.5 Å². The fourth-order valence-electron chi connectivity index (χ4n) is 1.52. The van der Waals surface area contributed by atoms with Gasteiger partial charge >= 0.3 is 5.69 Å². The number of benzene rings is 1. The second-order valence-electron chi connectivity index (χ2n) is 3.68. The first-order valence-electron chi connectivity index (χ1n) is 5.41. The van der Waals surface area contributed by atoms with Crippen molar-refractivity contribution in [3.05, 3.63) is 57.0 Å². The number of methoxy groups -OCH3 is 1. The largest absolute Gasteiger partial charge is 0.618 e. The van der Waals surface area contributed by atoms with Crippen LogP contribution in [-0.4, -0.2) is 12.0 Å². The number of ether oxygens (including phenoxy) is 2. The Morgan fingerprint density at radius 2 is 1.90 bits per heavy atom. The smallest absolute Gasteiger partial charge is 0.325 e. The summed E-state index contributed by atoms with van der Waals surface area (Å²) < 4.78 is 10.7. The molecule has 20 heavy (non-hydrogen) atoms. The van der Waals surface area contributed by atoms with E-state index in [2.05, 4.69) is 0 Å². The van der Waals surface area contributed by atoms with Gasteiger partial charge in [-0.25, -0.2) is 0 Å². The molecule has 0 N–H and O–H groups in total. The van der Waals surface area contributed by atoms with E-state index in [1.165, 1.54) is 7.11 Å². The molecular weight excluding hydrogens is 288 g/mol. The zero-order chi connectivity index (χ0) is 14.7. The third-order valence-corrected chi connectivity index (χ3v) is 2.71. The van der Waals surface area contributed by atoms with Gasteiger partial charge in [-0.05, 0) is 23.7 Å². The van der Waals surface area contributed by atoms with Gasteiger partial charge < -0.3 is 14.7 Å². The van der Waals surface area contributed by atoms with Gasteiger partial charge in [-0.2, -0.15) is 4.73 Å². The third kappa shape index (κ3) is 2.72. The molecule has 7 nitrogen and oxygen atoms in total. The van der Waals surface area contributed by atoms with Crippen LogP contribution in [0.1, 0.15) is 0 Å². The zero-order valence-corrected chi connectivity index (χ0v) is 11.0. The molecule has 104 valence electrons. The maximum Gasteiger partial charge on any atom is 0.325 e. The van der Waals surface area contributed by atoms with Crippen LogP contribution in [0, 0.1) is 15.3 Å². The van der Waals surface area contributed by atoms with Gasteiger partial charge in [0.25, 0.3) is 10.9 Å². The van der Waals surface area contributed by atoms with Crippen molar-refractivity contribution in [2.24, 2.45) is 0 Å². The highest BCUT2D eigenvalue weighted by molar-refractivity contribution is 6.28. The van der Waals surface area contributed by atoms with Gasteiger partial charge in [0.05, 0.1) is 12.0 Å². The van der Waals surface area contributed by atoms with E-state index in [0.29, 0.717) is 5.75 Å². The minimum Gasteiger partial charge on any atom is -0.618 e. The molecule has 0 unspecified atom stereocenters. The number of rotatable bonds is 4. The Labute approximate surface area is 118 Å². The van der Waals surface area contributed by atoms with Crippen molar-refractivity contribution < 1.29 is 19.1 Å². The first kappa shape index (κ1) is 13.9. The van der Waals surface area contributed by atoms with Crippen LogP contribution in [0.2, 0.25) is 5.15 Å². The molecule has 0 amide bonds. The van der Waals surface area contributed by atoms with Gasteiger partial charge in [-0.3, -0.25) is 10.1 Å². The summed E-state index contributed by atoms with van der Waals surface area (Å²) >= 11 is 5.56. The number of nitro groups is 1. The number of hydrogen-bond acceptors (Lipinski definition) is 5. The molecule has 2 aromatic rings. The molecule has 2 rings (SSSR count). The van der Waals surface area contributed by atoms with Crippen LogP contribution >= 0.6 is 11.6 Å². The van der Waals surface area contributed by atoms with Crippen molar-refractivity contribution in [2.45, 2.75) is 0 Å². The average Bonchev–Trinajstić information content (AvgIpc) is 2.43. The molecule has 0 radical (unpaired) electrons. The topological polar surface area (TPSA) is 88.5 Å². The first-order chi connectivity index (χ1) is 9.52. The van der Waals surface area contributed by atoms with Crippen LogP contribution in [0.3, 0.4) is 0 Å². The summed E-state index contributed by atoms with van der Waals surface area (Å²) in [4.78, 5) is 10.3. The third-order valence-electron chi connectivity index (χ3n) is 2.44. The van der Waals surface area contributed by atoms with Crippen molar-refractivity contribution in [3.8, 4) is 17.2 Å². The van der Waals surface area contributed by atoms with E-state index in [-0.39, 0.29) is 21.4 Å². The van der Waals surface area contributed by atoms with Gasteiger partial charge in [-0.1, -0.05) is 12.1 Å². The molecule has 1 heterocycles. The van der Waals surface area contributed by atoms with Crippen molar-refractivity contribution >= 4 is 17.3 Å². The summed E-state index contributed by atoms with van der Waals surface area (Å²) in [6, 6.07) is 7.51. The van der Waals surface area contributed by atoms with Crippen molar-refractivity contribution in [1.82, 2.24) is 0 Å². The lowest BCUT2D eigenvalue weighted by atomic mass is 10.3. The van der Waals surface area contributed by atoms with E-state index < -0.39 is 10.6 Å². The molecule has 0 spiro atoms. The van der Waals surface area contributed by atoms with Crippen LogP contribution in [-0.2, 0) is 0 Å². The predicted octanol–water partition coefficient (Wildman–Crippen LogP) is 2.68. The summed E-state index contributed by atoms with van der Waals surface area (Å²) in [5.74, 6) is 0.411. The highest BCUT2D eigenvalue weighted by Crippen LogP contribution is 2.35. The van der Waals surface area contributed by atoms with Gasteiger partial charge in [0, 0.05) is 0 Å². The van der Waals surface area contributed by atoms with E-state index in [1.54, 1.807) is 24.3 Å². The van der Waals surface area contributed by atoms with E-state index in [0.717, 1.165) is 12.3 Å². The molecule has 0 aliphatic rings. The predicted molar refractivity (Wildman–Crippen MR) is 70.1 cm³/mol. The number of nitrogens with zero attached hydrogens (tertiary/aromatic N) is 2. The van der Waals surface area contributed by atoms with Crippen LogP contribution in [0.25, 0.3) is 0 Å². The van der Waals surface area contributed by atoms with E-state index >= 15 is 0 Å². The van der Waals surface area contributed by atoms with Crippen LogP contribution < -0.4 is 14.2 Å². The summed E-state index contributed by atoms with van der Waals surface area (Å²) in [6.07, 6.45) is 0.896. The average molecular weight is 297 g/mol. The number of aromatic nitrogens is 1. The monoisotopic (exact) mass is 296 g/mol. The molecule has 1 aromatic heterocycles. The van der Waals surface area contributed by atoms with Crippen molar-refractivity contribution in [1.29, 1.82) is 0 Å². The summed E-state index contributed by atoms with van der Waals surface area (Å²) in [5, 5.41) is 22.0. The fraction of sp³-hybridized carbons (Fsp3) is 0.0833. The Morgan fingerprint density at radius 1 is 1.25 bits per heavy atom. The standard InChI is InChI=1S/C12H9ClN2O5/c1-19-9-4-2-3-5-10(9)20-11-7-14(16)12(13)6-8(11)15(17)18/h2-7H,1H3. The lowest BCUT2D eigenvalue weighted by Crippen LogP contribution is -2.27. The second-order valence-corrected chi connectivity index (χ2v) is 4.07. The summed E-state index contributed by atoms with van der Waals surface area (Å²) in [5.41, 5.74) is -0.409. The minimum absolute atomic E-state index is 0.223. The maximum absolute atomic E-state index is 11.4. The van der Waals surface area contributed by atoms with Crippen LogP contribution in [0.4, 0.5) is 5.69 Å². The number of hydrogen-bond donors (Lipinski definition) is 0. The lowest BCUT2D eigenvalue weighted by molar-refractivity contribution is -0.604. The molecule has 0 fully saturated rings. The molecule has 8 heteroatoms. The van der Waals surface area contributed by atoms with E-state index in [4.69, 9.17) is 21.1 Å². The molecule has 0 aliphatic heterocycles. The molecule has 0 atom stereocenters. The number of pyridine rings is 1. The SMILES string of the molecule is COc1ccccc1Oc1c[n+]([O-])c(Cl)cc1[N+](=O)[O-]. The number of para-hydroxylation sites is 2. The van der Waals surface area contributed by atoms with Crippen LogP contribution in [0.5, 0.6) is 17.2 Å². The summed E-state index contributed by atoms with van der Waals surface area (Å²) in [7, 11) is 1.44.